The summed E-state index contributed by atoms with van der Waals surface area (Å²) in [6, 6.07) is 15.8. The third-order valence-electron chi connectivity index (χ3n) is 5.59. The number of hydrogen-bond acceptors (Lipinski definition) is 6. The molecule has 0 saturated carbocycles. The average Bonchev–Trinajstić information content (AvgIpc) is 3.25. The Balaban J connectivity index is 1.79. The van der Waals surface area contributed by atoms with E-state index in [1.165, 1.54) is 4.90 Å². The third-order valence-corrected chi connectivity index (χ3v) is 5.59. The molecule has 0 aliphatic heterocycles. The van der Waals surface area contributed by atoms with Gasteiger partial charge in [-0.2, -0.15) is 0 Å². The smallest absolute Gasteiger partial charge is 0.249 e. The predicted octanol–water partition coefficient (Wildman–Crippen LogP) is 2.98. The fourth-order valence-electron chi connectivity index (χ4n) is 4.10. The van der Waals surface area contributed by atoms with E-state index in [0.29, 0.717) is 29.9 Å². The molecule has 1 N–H and O–H groups in total. The highest BCUT2D eigenvalue weighted by Gasteiger charge is 2.33. The van der Waals surface area contributed by atoms with E-state index >= 15 is 0 Å². The molecule has 0 unspecified atom stereocenters. The number of aromatic nitrogens is 4. The molecule has 2 amide bonds. The van der Waals surface area contributed by atoms with Crippen molar-refractivity contribution >= 4 is 28.5 Å². The predicted molar refractivity (Wildman–Crippen MR) is 133 cm³/mol. The number of aryl methyl sites for hydroxylation is 2. The van der Waals surface area contributed by atoms with Gasteiger partial charge in [-0.3, -0.25) is 19.5 Å². The van der Waals surface area contributed by atoms with Gasteiger partial charge in [0.25, 0.3) is 0 Å². The first-order valence-corrected chi connectivity index (χ1v) is 11.3. The summed E-state index contributed by atoms with van der Waals surface area (Å²) in [5.74, 6) is -0.612. The van der Waals surface area contributed by atoms with Crippen molar-refractivity contribution in [1.29, 1.82) is 0 Å². The molecule has 2 heterocycles. The van der Waals surface area contributed by atoms with Gasteiger partial charge in [-0.25, -0.2) is 4.68 Å². The molecular formula is C26H28N6O3. The van der Waals surface area contributed by atoms with Crippen LogP contribution < -0.4 is 10.2 Å². The van der Waals surface area contributed by atoms with Gasteiger partial charge in [0, 0.05) is 31.7 Å². The molecule has 35 heavy (non-hydrogen) atoms. The zero-order chi connectivity index (χ0) is 24.8. The zero-order valence-corrected chi connectivity index (χ0v) is 20.0. The van der Waals surface area contributed by atoms with Crippen LogP contribution in [0, 0.1) is 13.8 Å². The van der Waals surface area contributed by atoms with Crippen LogP contribution in [0.15, 0.2) is 67.0 Å². The third kappa shape index (κ3) is 5.52. The highest BCUT2D eigenvalue weighted by atomic mass is 16.5. The van der Waals surface area contributed by atoms with Crippen molar-refractivity contribution in [1.82, 2.24) is 25.3 Å². The molecule has 0 aliphatic carbocycles. The van der Waals surface area contributed by atoms with Crippen LogP contribution in [0.1, 0.15) is 22.7 Å². The van der Waals surface area contributed by atoms with Crippen LogP contribution in [0.3, 0.4) is 0 Å². The van der Waals surface area contributed by atoms with Gasteiger partial charge in [-0.05, 0) is 66.9 Å². The van der Waals surface area contributed by atoms with Crippen LogP contribution in [-0.2, 0) is 20.9 Å². The number of ether oxygens (including phenoxy) is 1. The monoisotopic (exact) mass is 472 g/mol. The number of fused-ring (bicyclic) bond motifs is 1. The molecule has 0 fully saturated rings. The first-order valence-electron chi connectivity index (χ1n) is 11.3. The van der Waals surface area contributed by atoms with Crippen molar-refractivity contribution in [3.8, 4) is 0 Å². The summed E-state index contributed by atoms with van der Waals surface area (Å²) in [7, 11) is 1.57. The van der Waals surface area contributed by atoms with Gasteiger partial charge < -0.3 is 10.1 Å². The van der Waals surface area contributed by atoms with Crippen LogP contribution >= 0.6 is 0 Å². The first-order chi connectivity index (χ1) is 17.0. The summed E-state index contributed by atoms with van der Waals surface area (Å²) in [5, 5.41) is 11.2. The van der Waals surface area contributed by atoms with Gasteiger partial charge in [-0.15, -0.1) is 5.10 Å². The highest BCUT2D eigenvalue weighted by molar-refractivity contribution is 6.01. The fourth-order valence-corrected chi connectivity index (χ4v) is 4.10. The van der Waals surface area contributed by atoms with Crippen LogP contribution in [0.25, 0.3) is 11.0 Å². The summed E-state index contributed by atoms with van der Waals surface area (Å²) in [6.45, 7) is 4.52. The largest absolute Gasteiger partial charge is 0.383 e. The quantitative estimate of drug-likeness (QED) is 0.376. The van der Waals surface area contributed by atoms with Crippen LogP contribution in [-0.4, -0.2) is 52.1 Å². The summed E-state index contributed by atoms with van der Waals surface area (Å²) in [5.41, 5.74) is 4.67. The second-order valence-electron chi connectivity index (χ2n) is 8.31. The van der Waals surface area contributed by atoms with Gasteiger partial charge in [0.15, 0.2) is 0 Å². The summed E-state index contributed by atoms with van der Waals surface area (Å²) >= 11 is 0. The lowest BCUT2D eigenvalue weighted by Gasteiger charge is -2.32. The summed E-state index contributed by atoms with van der Waals surface area (Å²) in [6.07, 6.45) is 3.22. The van der Waals surface area contributed by atoms with E-state index in [9.17, 15) is 9.59 Å². The zero-order valence-electron chi connectivity index (χ0n) is 20.0. The molecule has 9 heteroatoms. The summed E-state index contributed by atoms with van der Waals surface area (Å²) in [4.78, 5) is 33.1. The van der Waals surface area contributed by atoms with Gasteiger partial charge in [0.2, 0.25) is 11.8 Å². The lowest BCUT2D eigenvalue weighted by atomic mass is 10.0. The molecular weight excluding hydrogens is 444 g/mol. The van der Waals surface area contributed by atoms with Gasteiger partial charge >= 0.3 is 0 Å². The molecule has 9 nitrogen and oxygen atoms in total. The Labute approximate surface area is 203 Å². The van der Waals surface area contributed by atoms with E-state index in [-0.39, 0.29) is 18.4 Å². The van der Waals surface area contributed by atoms with Crippen molar-refractivity contribution in [3.63, 3.8) is 0 Å². The van der Waals surface area contributed by atoms with E-state index in [2.05, 4.69) is 20.6 Å². The standard InChI is InChI=1S/C26H28N6O3/c1-18-14-19(2)16-21(15-18)32(24(33)17-31-23-7-5-4-6-22(23)29-30-31)25(20-8-10-27-11-9-20)26(34)28-12-13-35-3/h4-11,14-16,25H,12-13,17H2,1-3H3,(H,28,34)/t25-/m1/s1. The van der Waals surface area contributed by atoms with Crippen LogP contribution in [0.5, 0.6) is 0 Å². The topological polar surface area (TPSA) is 102 Å². The minimum Gasteiger partial charge on any atom is -0.383 e. The molecule has 2 aromatic heterocycles. The molecule has 1 atom stereocenters. The maximum absolute atomic E-state index is 13.9. The second-order valence-corrected chi connectivity index (χ2v) is 8.31. The number of benzene rings is 2. The molecule has 0 spiro atoms. The normalized spacial score (nSPS) is 11.9. The number of nitrogens with zero attached hydrogens (tertiary/aromatic N) is 5. The Bertz CT molecular complexity index is 1300. The van der Waals surface area contributed by atoms with Crippen molar-refractivity contribution in [2.75, 3.05) is 25.2 Å². The summed E-state index contributed by atoms with van der Waals surface area (Å²) < 4.78 is 6.64. The number of anilines is 1. The van der Waals surface area contributed by atoms with Gasteiger partial charge in [0.05, 0.1) is 12.1 Å². The maximum Gasteiger partial charge on any atom is 0.249 e. The van der Waals surface area contributed by atoms with E-state index in [1.807, 2.05) is 56.3 Å². The van der Waals surface area contributed by atoms with Crippen molar-refractivity contribution < 1.29 is 14.3 Å². The number of nitrogens with one attached hydrogen (secondary N) is 1. The van der Waals surface area contributed by atoms with Crippen molar-refractivity contribution in [2.24, 2.45) is 0 Å². The molecule has 2 aromatic carbocycles. The first kappa shape index (κ1) is 24.0. The molecule has 180 valence electrons. The van der Waals surface area contributed by atoms with E-state index < -0.39 is 6.04 Å². The van der Waals surface area contributed by atoms with E-state index in [4.69, 9.17) is 4.74 Å². The van der Waals surface area contributed by atoms with Gasteiger partial charge in [-0.1, -0.05) is 23.4 Å². The SMILES string of the molecule is COCCNC(=O)[C@@H](c1ccncc1)N(C(=O)Cn1nnc2ccccc21)c1cc(C)cc(C)c1. The van der Waals surface area contributed by atoms with Crippen LogP contribution in [0.4, 0.5) is 5.69 Å². The van der Waals surface area contributed by atoms with Crippen molar-refractivity contribution in [2.45, 2.75) is 26.4 Å². The molecule has 0 radical (unpaired) electrons. The number of pyridine rings is 1. The average molecular weight is 473 g/mol. The Morgan fingerprint density at radius 1 is 1.06 bits per heavy atom. The number of hydrogen-bond donors (Lipinski definition) is 1. The van der Waals surface area contributed by atoms with Gasteiger partial charge in [0.1, 0.15) is 18.1 Å². The second kappa shape index (κ2) is 10.9. The molecule has 4 rings (SSSR count). The number of para-hydroxylation sites is 1. The lowest BCUT2D eigenvalue weighted by molar-refractivity contribution is -0.127. The Morgan fingerprint density at radius 2 is 1.77 bits per heavy atom. The molecule has 4 aromatic rings. The van der Waals surface area contributed by atoms with E-state index in [0.717, 1.165) is 16.6 Å². The number of methoxy groups -OCH3 is 1. The number of rotatable bonds is 9. The van der Waals surface area contributed by atoms with Crippen molar-refractivity contribution in [3.05, 3.63) is 83.7 Å². The number of carbonyl (C=O) groups excluding carboxylic acids is 2. The van der Waals surface area contributed by atoms with Crippen LogP contribution in [0.2, 0.25) is 0 Å². The maximum atomic E-state index is 13.9. The van der Waals surface area contributed by atoms with E-state index in [1.54, 1.807) is 36.3 Å². The Morgan fingerprint density at radius 3 is 2.49 bits per heavy atom. The number of amides is 2. The lowest BCUT2D eigenvalue weighted by Crippen LogP contribution is -2.46. The minimum atomic E-state index is -0.918. The Hall–Kier alpha value is -4.11. The molecule has 0 saturated heterocycles. The number of carbonyl (C=O) groups is 2. The Kier molecular flexibility index (Phi) is 7.47. The highest BCUT2D eigenvalue weighted by Crippen LogP contribution is 2.30. The molecule has 0 bridgehead atoms. The fraction of sp³-hybridized carbons (Fsp3) is 0.269. The molecule has 0 aliphatic rings. The minimum absolute atomic E-state index is 0.0829.